The molecule has 3 rings (SSSR count). The predicted molar refractivity (Wildman–Crippen MR) is 87.3 cm³/mol. The van der Waals surface area contributed by atoms with Gasteiger partial charge >= 0.3 is 0 Å². The van der Waals surface area contributed by atoms with Gasteiger partial charge in [0.15, 0.2) is 0 Å². The molecule has 1 amide bonds. The lowest BCUT2D eigenvalue weighted by molar-refractivity contribution is 0.0475. The third-order valence-electron chi connectivity index (χ3n) is 5.05. The van der Waals surface area contributed by atoms with E-state index in [0.29, 0.717) is 12.0 Å². The van der Waals surface area contributed by atoms with Gasteiger partial charge in [0, 0.05) is 18.2 Å². The van der Waals surface area contributed by atoms with E-state index < -0.39 is 0 Å². The molecule has 22 heavy (non-hydrogen) atoms. The van der Waals surface area contributed by atoms with Crippen molar-refractivity contribution in [2.24, 2.45) is 5.92 Å². The summed E-state index contributed by atoms with van der Waals surface area (Å²) in [7, 11) is 1.64. The SMILES string of the molecule is COc1cccc(C(=O)N2CCCC[C@@H]2C2CCNCC2)c1. The molecule has 1 N–H and O–H groups in total. The number of amides is 1. The van der Waals surface area contributed by atoms with E-state index in [9.17, 15) is 4.79 Å². The number of methoxy groups -OCH3 is 1. The molecular weight excluding hydrogens is 276 g/mol. The van der Waals surface area contributed by atoms with Crippen molar-refractivity contribution in [2.75, 3.05) is 26.7 Å². The van der Waals surface area contributed by atoms with Crippen LogP contribution in [-0.2, 0) is 0 Å². The van der Waals surface area contributed by atoms with Gasteiger partial charge in [-0.2, -0.15) is 0 Å². The highest BCUT2D eigenvalue weighted by atomic mass is 16.5. The first-order valence-electron chi connectivity index (χ1n) is 8.45. The van der Waals surface area contributed by atoms with Crippen LogP contribution < -0.4 is 10.1 Å². The fourth-order valence-electron chi connectivity index (χ4n) is 3.85. The van der Waals surface area contributed by atoms with Crippen LogP contribution >= 0.6 is 0 Å². The highest BCUT2D eigenvalue weighted by molar-refractivity contribution is 5.94. The van der Waals surface area contributed by atoms with Crippen molar-refractivity contribution < 1.29 is 9.53 Å². The molecule has 0 radical (unpaired) electrons. The van der Waals surface area contributed by atoms with Gasteiger partial charge < -0.3 is 15.0 Å². The number of benzene rings is 1. The summed E-state index contributed by atoms with van der Waals surface area (Å²) < 4.78 is 5.26. The van der Waals surface area contributed by atoms with Gasteiger partial charge in [-0.1, -0.05) is 6.07 Å². The molecule has 2 aliphatic rings. The Balaban J connectivity index is 1.78. The Bertz CT molecular complexity index is 512. The van der Waals surface area contributed by atoms with Crippen molar-refractivity contribution in [3.05, 3.63) is 29.8 Å². The summed E-state index contributed by atoms with van der Waals surface area (Å²) in [5, 5.41) is 3.42. The highest BCUT2D eigenvalue weighted by Crippen LogP contribution is 2.30. The second-order valence-corrected chi connectivity index (χ2v) is 6.38. The third-order valence-corrected chi connectivity index (χ3v) is 5.05. The van der Waals surface area contributed by atoms with E-state index in [1.165, 1.54) is 19.3 Å². The van der Waals surface area contributed by atoms with Crippen molar-refractivity contribution in [1.82, 2.24) is 10.2 Å². The van der Waals surface area contributed by atoms with Gasteiger partial charge in [0.2, 0.25) is 0 Å². The number of nitrogens with zero attached hydrogens (tertiary/aromatic N) is 1. The smallest absolute Gasteiger partial charge is 0.254 e. The molecule has 2 saturated heterocycles. The quantitative estimate of drug-likeness (QED) is 0.933. The lowest BCUT2D eigenvalue weighted by Gasteiger charge is -2.42. The maximum absolute atomic E-state index is 13.0. The lowest BCUT2D eigenvalue weighted by atomic mass is 9.84. The maximum atomic E-state index is 13.0. The number of piperidine rings is 2. The topological polar surface area (TPSA) is 41.6 Å². The Morgan fingerprint density at radius 2 is 2.05 bits per heavy atom. The Hall–Kier alpha value is -1.55. The Kier molecular flexibility index (Phi) is 4.98. The zero-order valence-electron chi connectivity index (χ0n) is 13.4. The van der Waals surface area contributed by atoms with Crippen molar-refractivity contribution in [3.63, 3.8) is 0 Å². The molecule has 0 aromatic heterocycles. The summed E-state index contributed by atoms with van der Waals surface area (Å²) in [5.74, 6) is 1.57. The number of hydrogen-bond donors (Lipinski definition) is 1. The molecule has 120 valence electrons. The first kappa shape index (κ1) is 15.3. The normalized spacial score (nSPS) is 23.3. The number of nitrogens with one attached hydrogen (secondary N) is 1. The highest BCUT2D eigenvalue weighted by Gasteiger charge is 2.33. The summed E-state index contributed by atoms with van der Waals surface area (Å²) in [6, 6.07) is 7.96. The minimum Gasteiger partial charge on any atom is -0.497 e. The van der Waals surface area contributed by atoms with Gasteiger partial charge in [0.1, 0.15) is 5.75 Å². The fraction of sp³-hybridized carbons (Fsp3) is 0.611. The summed E-state index contributed by atoms with van der Waals surface area (Å²) in [6.45, 7) is 3.06. The molecule has 0 saturated carbocycles. The molecule has 0 bridgehead atoms. The van der Waals surface area contributed by atoms with Crippen molar-refractivity contribution in [1.29, 1.82) is 0 Å². The molecule has 2 heterocycles. The van der Waals surface area contributed by atoms with E-state index >= 15 is 0 Å². The van der Waals surface area contributed by atoms with E-state index in [2.05, 4.69) is 10.2 Å². The van der Waals surface area contributed by atoms with Crippen LogP contribution in [0.4, 0.5) is 0 Å². The first-order chi connectivity index (χ1) is 10.8. The van der Waals surface area contributed by atoms with Crippen LogP contribution in [0.25, 0.3) is 0 Å². The van der Waals surface area contributed by atoms with Crippen molar-refractivity contribution in [3.8, 4) is 5.75 Å². The van der Waals surface area contributed by atoms with Crippen LogP contribution in [-0.4, -0.2) is 43.6 Å². The fourth-order valence-corrected chi connectivity index (χ4v) is 3.85. The monoisotopic (exact) mass is 302 g/mol. The summed E-state index contributed by atoms with van der Waals surface area (Å²) in [6.07, 6.45) is 5.90. The van der Waals surface area contributed by atoms with E-state index in [1.807, 2.05) is 24.3 Å². The van der Waals surface area contributed by atoms with Crippen LogP contribution in [0, 0.1) is 5.92 Å². The third kappa shape index (κ3) is 3.27. The van der Waals surface area contributed by atoms with E-state index in [1.54, 1.807) is 7.11 Å². The Morgan fingerprint density at radius 1 is 1.23 bits per heavy atom. The molecule has 0 unspecified atom stereocenters. The number of rotatable bonds is 3. The Morgan fingerprint density at radius 3 is 2.82 bits per heavy atom. The van der Waals surface area contributed by atoms with Gasteiger partial charge in [-0.3, -0.25) is 4.79 Å². The second-order valence-electron chi connectivity index (χ2n) is 6.38. The largest absolute Gasteiger partial charge is 0.497 e. The maximum Gasteiger partial charge on any atom is 0.254 e. The molecule has 4 nitrogen and oxygen atoms in total. The Labute approximate surface area is 132 Å². The first-order valence-corrected chi connectivity index (χ1v) is 8.45. The molecule has 1 aromatic rings. The zero-order chi connectivity index (χ0) is 15.4. The minimum atomic E-state index is 0.169. The second kappa shape index (κ2) is 7.14. The predicted octanol–water partition coefficient (Wildman–Crippen LogP) is 2.69. The molecule has 2 aliphatic heterocycles. The summed E-state index contributed by atoms with van der Waals surface area (Å²) in [4.78, 5) is 15.1. The number of carbonyl (C=O) groups is 1. The van der Waals surface area contributed by atoms with E-state index in [4.69, 9.17) is 4.74 Å². The van der Waals surface area contributed by atoms with E-state index in [-0.39, 0.29) is 5.91 Å². The summed E-state index contributed by atoms with van der Waals surface area (Å²) in [5.41, 5.74) is 0.750. The molecule has 4 heteroatoms. The van der Waals surface area contributed by atoms with Crippen molar-refractivity contribution in [2.45, 2.75) is 38.1 Å². The molecule has 2 fully saturated rings. The molecule has 1 aromatic carbocycles. The van der Waals surface area contributed by atoms with Crippen LogP contribution in [0.15, 0.2) is 24.3 Å². The lowest BCUT2D eigenvalue weighted by Crippen LogP contribution is -2.49. The molecular formula is C18H26N2O2. The van der Waals surface area contributed by atoms with Crippen LogP contribution in [0.1, 0.15) is 42.5 Å². The zero-order valence-corrected chi connectivity index (χ0v) is 13.4. The van der Waals surface area contributed by atoms with Gasteiger partial charge in [0.05, 0.1) is 7.11 Å². The number of carbonyl (C=O) groups excluding carboxylic acids is 1. The minimum absolute atomic E-state index is 0.169. The number of hydrogen-bond acceptors (Lipinski definition) is 3. The van der Waals surface area contributed by atoms with Gasteiger partial charge in [-0.25, -0.2) is 0 Å². The summed E-state index contributed by atoms with van der Waals surface area (Å²) >= 11 is 0. The number of ether oxygens (including phenoxy) is 1. The standard InChI is InChI=1S/C18H26N2O2/c1-22-16-6-4-5-15(13-16)18(21)20-12-3-2-7-17(20)14-8-10-19-11-9-14/h4-6,13-14,17,19H,2-3,7-12H2,1H3/t17-/m1/s1. The van der Waals surface area contributed by atoms with Gasteiger partial charge in [-0.05, 0) is 69.3 Å². The van der Waals surface area contributed by atoms with Gasteiger partial charge in [0.25, 0.3) is 5.91 Å². The average Bonchev–Trinajstić information content (AvgIpc) is 2.62. The van der Waals surface area contributed by atoms with Crippen LogP contribution in [0.2, 0.25) is 0 Å². The molecule has 1 atom stereocenters. The molecule has 0 aliphatic carbocycles. The van der Waals surface area contributed by atoms with Crippen molar-refractivity contribution >= 4 is 5.91 Å². The van der Waals surface area contributed by atoms with Crippen LogP contribution in [0.3, 0.4) is 0 Å². The van der Waals surface area contributed by atoms with Gasteiger partial charge in [-0.15, -0.1) is 0 Å². The number of likely N-dealkylation sites (tertiary alicyclic amines) is 1. The van der Waals surface area contributed by atoms with E-state index in [0.717, 1.165) is 43.8 Å². The van der Waals surface area contributed by atoms with Crippen LogP contribution in [0.5, 0.6) is 5.75 Å². The molecule has 0 spiro atoms. The average molecular weight is 302 g/mol.